The molecule has 0 unspecified atom stereocenters. The number of nitro groups is 1. The van der Waals surface area contributed by atoms with Gasteiger partial charge in [0.05, 0.1) is 4.92 Å². The van der Waals surface area contributed by atoms with Crippen LogP contribution in [0.15, 0.2) is 18.2 Å². The Morgan fingerprint density at radius 1 is 1.21 bits per heavy atom. The van der Waals surface area contributed by atoms with E-state index in [9.17, 15) is 10.1 Å². The van der Waals surface area contributed by atoms with Crippen molar-refractivity contribution in [1.29, 1.82) is 0 Å². The zero-order chi connectivity index (χ0) is 20.3. The minimum Gasteiger partial charge on any atom is -0.378 e. The highest BCUT2D eigenvalue weighted by Crippen LogP contribution is 2.32. The average molecular weight is 384 g/mol. The topological polar surface area (TPSA) is 133 Å². The molecule has 1 fully saturated rings. The van der Waals surface area contributed by atoms with Crippen LogP contribution < -0.4 is 16.8 Å². The molecule has 0 amide bonds. The van der Waals surface area contributed by atoms with E-state index in [0.29, 0.717) is 30.5 Å². The molecule has 0 saturated heterocycles. The number of aryl methyl sites for hydroxylation is 1. The van der Waals surface area contributed by atoms with Crippen molar-refractivity contribution in [3.05, 3.63) is 50.7 Å². The van der Waals surface area contributed by atoms with Crippen molar-refractivity contribution >= 4 is 17.5 Å². The molecule has 28 heavy (non-hydrogen) atoms. The summed E-state index contributed by atoms with van der Waals surface area (Å²) in [7, 11) is 0. The Kier molecular flexibility index (Phi) is 6.08. The highest BCUT2D eigenvalue weighted by Gasteiger charge is 2.27. The van der Waals surface area contributed by atoms with E-state index in [1.54, 1.807) is 0 Å². The monoisotopic (exact) mass is 384 g/mol. The first-order valence-electron chi connectivity index (χ1n) is 9.70. The van der Waals surface area contributed by atoms with Crippen LogP contribution in [0.5, 0.6) is 0 Å². The molecule has 8 nitrogen and oxygen atoms in total. The summed E-state index contributed by atoms with van der Waals surface area (Å²) < 4.78 is 0. The molecule has 0 bridgehead atoms. The number of nitrogen functional groups attached to an aromatic ring is 1. The number of nitrogens with zero attached hydrogens (tertiary/aromatic N) is 3. The Balaban J connectivity index is 1.81. The van der Waals surface area contributed by atoms with E-state index >= 15 is 0 Å². The van der Waals surface area contributed by atoms with Crippen molar-refractivity contribution in [1.82, 2.24) is 9.97 Å². The number of hydrogen-bond acceptors (Lipinski definition) is 7. The summed E-state index contributed by atoms with van der Waals surface area (Å²) in [4.78, 5) is 19.6. The lowest BCUT2D eigenvalue weighted by molar-refractivity contribution is -0.385. The molecule has 1 aliphatic rings. The van der Waals surface area contributed by atoms with E-state index in [2.05, 4.69) is 35.2 Å². The van der Waals surface area contributed by atoms with Gasteiger partial charge in [-0.1, -0.05) is 18.2 Å². The smallest absolute Gasteiger partial charge is 0.332 e. The van der Waals surface area contributed by atoms with Gasteiger partial charge in [0.25, 0.3) is 0 Å². The van der Waals surface area contributed by atoms with Crippen molar-refractivity contribution in [3.8, 4) is 0 Å². The van der Waals surface area contributed by atoms with Crippen LogP contribution in [-0.4, -0.2) is 20.9 Å². The molecule has 1 aromatic carbocycles. The molecule has 0 radical (unpaired) electrons. The molecule has 3 rings (SSSR count). The Morgan fingerprint density at radius 3 is 2.61 bits per heavy atom. The van der Waals surface area contributed by atoms with Gasteiger partial charge in [-0.05, 0) is 68.6 Å². The average Bonchev–Trinajstić information content (AvgIpc) is 2.64. The van der Waals surface area contributed by atoms with Crippen LogP contribution in [-0.2, 0) is 13.0 Å². The lowest BCUT2D eigenvalue weighted by Crippen LogP contribution is -2.27. The van der Waals surface area contributed by atoms with Crippen molar-refractivity contribution in [2.75, 3.05) is 11.1 Å². The van der Waals surface area contributed by atoms with E-state index in [1.165, 1.54) is 11.1 Å². The Hall–Kier alpha value is -2.74. The number of rotatable bonds is 6. The normalized spacial score (nSPS) is 19.4. The Labute approximate surface area is 164 Å². The highest BCUT2D eigenvalue weighted by molar-refractivity contribution is 5.58. The van der Waals surface area contributed by atoms with Crippen LogP contribution in [0.2, 0.25) is 0 Å². The Bertz CT molecular complexity index is 862. The molecular formula is C20H28N6O2. The minimum atomic E-state index is -0.478. The fourth-order valence-electron chi connectivity index (χ4n) is 3.78. The van der Waals surface area contributed by atoms with E-state index in [1.807, 2.05) is 12.1 Å². The predicted molar refractivity (Wildman–Crippen MR) is 110 cm³/mol. The number of benzene rings is 1. The van der Waals surface area contributed by atoms with E-state index in [4.69, 9.17) is 11.5 Å². The maximum absolute atomic E-state index is 11.5. The van der Waals surface area contributed by atoms with Gasteiger partial charge < -0.3 is 16.8 Å². The lowest BCUT2D eigenvalue weighted by Gasteiger charge is -2.25. The van der Waals surface area contributed by atoms with Gasteiger partial charge in [-0.25, -0.2) is 4.98 Å². The molecule has 1 heterocycles. The second-order valence-electron chi connectivity index (χ2n) is 7.68. The molecular weight excluding hydrogens is 356 g/mol. The van der Waals surface area contributed by atoms with Gasteiger partial charge >= 0.3 is 5.69 Å². The quantitative estimate of drug-likeness (QED) is 0.514. The van der Waals surface area contributed by atoms with Gasteiger partial charge in [-0.3, -0.25) is 10.1 Å². The van der Waals surface area contributed by atoms with Crippen molar-refractivity contribution < 1.29 is 4.92 Å². The van der Waals surface area contributed by atoms with Crippen LogP contribution in [0.1, 0.15) is 48.1 Å². The molecule has 2 aromatic rings. The molecule has 5 N–H and O–H groups in total. The third-order valence-corrected chi connectivity index (χ3v) is 5.69. The fraction of sp³-hybridized carbons (Fsp3) is 0.500. The molecule has 1 saturated carbocycles. The Morgan fingerprint density at radius 2 is 1.93 bits per heavy atom. The SMILES string of the molecule is Cc1cccc(CNc2nc(N)c([N+](=O)[O-])c(CC3CCC(N)CC3)n2)c1C. The van der Waals surface area contributed by atoms with E-state index < -0.39 is 4.92 Å². The van der Waals surface area contributed by atoms with Crippen LogP contribution in [0, 0.1) is 29.9 Å². The van der Waals surface area contributed by atoms with Crippen molar-refractivity contribution in [2.45, 2.75) is 58.5 Å². The van der Waals surface area contributed by atoms with Gasteiger partial charge in [-0.2, -0.15) is 4.98 Å². The van der Waals surface area contributed by atoms with Crippen molar-refractivity contribution in [2.24, 2.45) is 11.7 Å². The molecule has 0 atom stereocenters. The first-order valence-corrected chi connectivity index (χ1v) is 9.70. The molecule has 0 aliphatic heterocycles. The fourth-order valence-corrected chi connectivity index (χ4v) is 3.78. The van der Waals surface area contributed by atoms with Gasteiger partial charge in [0, 0.05) is 12.6 Å². The van der Waals surface area contributed by atoms with Crippen LogP contribution >= 0.6 is 0 Å². The van der Waals surface area contributed by atoms with Crippen molar-refractivity contribution in [3.63, 3.8) is 0 Å². The van der Waals surface area contributed by atoms with Gasteiger partial charge in [0.2, 0.25) is 11.8 Å². The first-order chi connectivity index (χ1) is 13.3. The van der Waals surface area contributed by atoms with E-state index in [-0.39, 0.29) is 17.5 Å². The lowest BCUT2D eigenvalue weighted by atomic mass is 9.83. The van der Waals surface area contributed by atoms with Crippen LogP contribution in [0.3, 0.4) is 0 Å². The molecule has 0 spiro atoms. The number of hydrogen-bond donors (Lipinski definition) is 3. The summed E-state index contributed by atoms with van der Waals surface area (Å²) in [6.07, 6.45) is 4.31. The zero-order valence-corrected chi connectivity index (χ0v) is 16.4. The van der Waals surface area contributed by atoms with Gasteiger partial charge in [0.1, 0.15) is 5.69 Å². The summed E-state index contributed by atoms with van der Waals surface area (Å²) in [5.41, 5.74) is 15.7. The summed E-state index contributed by atoms with van der Waals surface area (Å²) in [5, 5.41) is 14.7. The summed E-state index contributed by atoms with van der Waals surface area (Å²) in [6, 6.07) is 6.34. The molecule has 1 aromatic heterocycles. The molecule has 1 aliphatic carbocycles. The number of nitrogens with two attached hydrogens (primary N) is 2. The van der Waals surface area contributed by atoms with Crippen LogP contribution in [0.4, 0.5) is 17.5 Å². The number of aromatic nitrogens is 2. The second-order valence-corrected chi connectivity index (χ2v) is 7.68. The van der Waals surface area contributed by atoms with Gasteiger partial charge in [-0.15, -0.1) is 0 Å². The highest BCUT2D eigenvalue weighted by atomic mass is 16.6. The standard InChI is InChI=1S/C20H28N6O2/c1-12-4-3-5-15(13(12)2)11-23-20-24-17(18(26(27)28)19(22)25-20)10-14-6-8-16(21)9-7-14/h3-5,14,16H,6-11,21H2,1-2H3,(H3,22,23,24,25). The maximum atomic E-state index is 11.5. The zero-order valence-electron chi connectivity index (χ0n) is 16.4. The van der Waals surface area contributed by atoms with Gasteiger partial charge in [0.15, 0.2) is 0 Å². The molecule has 150 valence electrons. The summed E-state index contributed by atoms with van der Waals surface area (Å²) >= 11 is 0. The third-order valence-electron chi connectivity index (χ3n) is 5.69. The molecule has 8 heteroatoms. The second kappa shape index (κ2) is 8.52. The van der Waals surface area contributed by atoms with E-state index in [0.717, 1.165) is 31.2 Å². The maximum Gasteiger partial charge on any atom is 0.332 e. The first kappa shape index (κ1) is 20.0. The third kappa shape index (κ3) is 4.56. The number of nitrogens with one attached hydrogen (secondary N) is 1. The summed E-state index contributed by atoms with van der Waals surface area (Å²) in [5.74, 6) is 0.567. The largest absolute Gasteiger partial charge is 0.378 e. The van der Waals surface area contributed by atoms with Crippen LogP contribution in [0.25, 0.3) is 0 Å². The predicted octanol–water partition coefficient (Wildman–Crippen LogP) is 3.26. The minimum absolute atomic E-state index is 0.0917. The summed E-state index contributed by atoms with van der Waals surface area (Å²) in [6.45, 7) is 4.66. The number of anilines is 2.